The minimum absolute atomic E-state index is 0.0198. The van der Waals surface area contributed by atoms with E-state index >= 15 is 0 Å². The van der Waals surface area contributed by atoms with Gasteiger partial charge in [-0.05, 0) is 46.5 Å². The Labute approximate surface area is 111 Å². The van der Waals surface area contributed by atoms with E-state index in [-0.39, 0.29) is 23.6 Å². The molecule has 0 unspecified atom stereocenters. The molecule has 4 heteroatoms. The third-order valence-corrected chi connectivity index (χ3v) is 3.61. The number of hydrogen-bond donors (Lipinski definition) is 0. The van der Waals surface area contributed by atoms with Crippen molar-refractivity contribution in [2.24, 2.45) is 11.8 Å². The van der Waals surface area contributed by atoms with Crippen molar-refractivity contribution in [3.8, 4) is 0 Å². The predicted octanol–water partition coefficient (Wildman–Crippen LogP) is 3.10. The van der Waals surface area contributed by atoms with E-state index in [2.05, 4.69) is 15.9 Å². The van der Waals surface area contributed by atoms with Gasteiger partial charge in [0, 0.05) is 5.92 Å². The number of ketones is 1. The lowest BCUT2D eigenvalue weighted by molar-refractivity contribution is -0.161. The molecule has 98 valence electrons. The van der Waals surface area contributed by atoms with Crippen molar-refractivity contribution in [3.63, 3.8) is 0 Å². The molecular weight excluding hydrogens is 284 g/mol. The Morgan fingerprint density at radius 2 is 1.59 bits per heavy atom. The fourth-order valence-corrected chi connectivity index (χ4v) is 2.60. The first-order valence-electron chi connectivity index (χ1n) is 6.15. The summed E-state index contributed by atoms with van der Waals surface area (Å²) in [7, 11) is 0. The maximum absolute atomic E-state index is 11.8. The molecule has 1 aliphatic rings. The van der Waals surface area contributed by atoms with E-state index in [4.69, 9.17) is 4.74 Å². The molecule has 1 saturated carbocycles. The highest BCUT2D eigenvalue weighted by Crippen LogP contribution is 2.31. The molecule has 0 atom stereocenters. The molecule has 0 aromatic heterocycles. The third-order valence-electron chi connectivity index (χ3n) is 3.05. The van der Waals surface area contributed by atoms with Gasteiger partial charge in [0.15, 0.2) is 0 Å². The number of rotatable bonds is 3. The van der Waals surface area contributed by atoms with Gasteiger partial charge in [-0.1, -0.05) is 15.9 Å². The van der Waals surface area contributed by atoms with E-state index in [1.807, 2.05) is 20.8 Å². The first-order valence-corrected chi connectivity index (χ1v) is 7.27. The van der Waals surface area contributed by atoms with E-state index in [0.29, 0.717) is 5.33 Å². The molecule has 0 aromatic rings. The van der Waals surface area contributed by atoms with Crippen LogP contribution in [-0.2, 0) is 14.3 Å². The third kappa shape index (κ3) is 4.78. The Balaban J connectivity index is 2.42. The Kier molecular flexibility index (Phi) is 5.17. The summed E-state index contributed by atoms with van der Waals surface area (Å²) in [6.07, 6.45) is 3.18. The van der Waals surface area contributed by atoms with Crippen LogP contribution < -0.4 is 0 Å². The first kappa shape index (κ1) is 14.7. The molecule has 0 N–H and O–H groups in total. The van der Waals surface area contributed by atoms with Crippen molar-refractivity contribution in [2.75, 3.05) is 5.33 Å². The Bertz CT molecular complexity index is 286. The molecule has 0 aromatic carbocycles. The quantitative estimate of drug-likeness (QED) is 0.594. The second kappa shape index (κ2) is 5.98. The van der Waals surface area contributed by atoms with Crippen LogP contribution in [0.4, 0.5) is 0 Å². The lowest BCUT2D eigenvalue weighted by Gasteiger charge is -2.29. The van der Waals surface area contributed by atoms with Crippen LogP contribution in [0.15, 0.2) is 0 Å². The molecule has 0 saturated heterocycles. The van der Waals surface area contributed by atoms with E-state index in [1.54, 1.807) is 0 Å². The van der Waals surface area contributed by atoms with Gasteiger partial charge in [-0.3, -0.25) is 9.59 Å². The summed E-state index contributed by atoms with van der Waals surface area (Å²) in [5.74, 6) is 0.261. The van der Waals surface area contributed by atoms with Crippen molar-refractivity contribution in [3.05, 3.63) is 0 Å². The van der Waals surface area contributed by atoms with Crippen LogP contribution in [0, 0.1) is 11.8 Å². The maximum atomic E-state index is 11.8. The summed E-state index contributed by atoms with van der Waals surface area (Å²) < 4.78 is 5.37. The average Bonchev–Trinajstić information content (AvgIpc) is 2.26. The molecule has 1 rings (SSSR count). The van der Waals surface area contributed by atoms with Gasteiger partial charge in [-0.15, -0.1) is 0 Å². The summed E-state index contributed by atoms with van der Waals surface area (Å²) in [6.45, 7) is 5.64. The van der Waals surface area contributed by atoms with E-state index < -0.39 is 5.60 Å². The number of hydrogen-bond acceptors (Lipinski definition) is 3. The van der Waals surface area contributed by atoms with Crippen molar-refractivity contribution < 1.29 is 14.3 Å². The smallest absolute Gasteiger partial charge is 0.309 e. The molecule has 0 amide bonds. The van der Waals surface area contributed by atoms with Crippen LogP contribution in [0.3, 0.4) is 0 Å². The van der Waals surface area contributed by atoms with Gasteiger partial charge in [-0.25, -0.2) is 0 Å². The van der Waals surface area contributed by atoms with Crippen molar-refractivity contribution in [1.82, 2.24) is 0 Å². The minimum Gasteiger partial charge on any atom is -0.460 e. The van der Waals surface area contributed by atoms with Crippen LogP contribution in [0.5, 0.6) is 0 Å². The minimum atomic E-state index is -0.417. The van der Waals surface area contributed by atoms with Crippen LogP contribution >= 0.6 is 15.9 Å². The number of alkyl halides is 1. The van der Waals surface area contributed by atoms with Gasteiger partial charge >= 0.3 is 5.97 Å². The Morgan fingerprint density at radius 1 is 1.12 bits per heavy atom. The number of carbonyl (C=O) groups excluding carboxylic acids is 2. The highest BCUT2D eigenvalue weighted by atomic mass is 79.9. The zero-order chi connectivity index (χ0) is 13.1. The van der Waals surface area contributed by atoms with E-state index in [9.17, 15) is 9.59 Å². The SMILES string of the molecule is CC(C)(C)OC(=O)C1CCC(C(=O)CBr)CC1. The molecule has 1 fully saturated rings. The lowest BCUT2D eigenvalue weighted by atomic mass is 9.80. The van der Waals surface area contributed by atoms with Crippen molar-refractivity contribution >= 4 is 27.7 Å². The second-order valence-corrected chi connectivity index (χ2v) is 6.24. The van der Waals surface area contributed by atoms with Crippen molar-refractivity contribution in [1.29, 1.82) is 0 Å². The lowest BCUT2D eigenvalue weighted by Crippen LogP contribution is -2.32. The van der Waals surface area contributed by atoms with Gasteiger partial charge < -0.3 is 4.74 Å². The zero-order valence-corrected chi connectivity index (χ0v) is 12.4. The number of ether oxygens (including phenoxy) is 1. The van der Waals surface area contributed by atoms with E-state index in [1.165, 1.54) is 0 Å². The average molecular weight is 305 g/mol. The number of esters is 1. The van der Waals surface area contributed by atoms with Gasteiger partial charge in [0.25, 0.3) is 0 Å². The Hall–Kier alpha value is -0.380. The highest BCUT2D eigenvalue weighted by Gasteiger charge is 2.31. The highest BCUT2D eigenvalue weighted by molar-refractivity contribution is 9.09. The first-order chi connectivity index (χ1) is 7.83. The summed E-state index contributed by atoms with van der Waals surface area (Å²) in [5.41, 5.74) is -0.417. The summed E-state index contributed by atoms with van der Waals surface area (Å²) >= 11 is 3.19. The fourth-order valence-electron chi connectivity index (χ4n) is 2.15. The van der Waals surface area contributed by atoms with Gasteiger partial charge in [-0.2, -0.15) is 0 Å². The molecule has 1 aliphatic carbocycles. The topological polar surface area (TPSA) is 43.4 Å². The molecule has 3 nitrogen and oxygen atoms in total. The molecule has 0 spiro atoms. The molecule has 0 aliphatic heterocycles. The number of carbonyl (C=O) groups is 2. The van der Waals surface area contributed by atoms with E-state index in [0.717, 1.165) is 25.7 Å². The van der Waals surface area contributed by atoms with Crippen LogP contribution in [0.25, 0.3) is 0 Å². The molecule has 0 radical (unpaired) electrons. The number of halogens is 1. The Morgan fingerprint density at radius 3 is 2.00 bits per heavy atom. The maximum Gasteiger partial charge on any atom is 0.309 e. The van der Waals surface area contributed by atoms with Gasteiger partial charge in [0.1, 0.15) is 11.4 Å². The van der Waals surface area contributed by atoms with Crippen LogP contribution in [0.1, 0.15) is 46.5 Å². The fraction of sp³-hybridized carbons (Fsp3) is 0.846. The molecule has 17 heavy (non-hydrogen) atoms. The standard InChI is InChI=1S/C13H21BrO3/c1-13(2,3)17-12(16)10-6-4-9(5-7-10)11(15)8-14/h9-10H,4-8H2,1-3H3. The van der Waals surface area contributed by atoms with Gasteiger partial charge in [0.05, 0.1) is 11.2 Å². The van der Waals surface area contributed by atoms with Crippen LogP contribution in [0.2, 0.25) is 0 Å². The van der Waals surface area contributed by atoms with Crippen molar-refractivity contribution in [2.45, 2.75) is 52.1 Å². The molecule has 0 heterocycles. The second-order valence-electron chi connectivity index (χ2n) is 5.68. The molecular formula is C13H21BrO3. The zero-order valence-electron chi connectivity index (χ0n) is 10.8. The summed E-state index contributed by atoms with van der Waals surface area (Å²) in [5, 5.41) is 0.425. The monoisotopic (exact) mass is 304 g/mol. The van der Waals surface area contributed by atoms with Gasteiger partial charge in [0.2, 0.25) is 0 Å². The molecule has 0 bridgehead atoms. The summed E-state index contributed by atoms with van der Waals surface area (Å²) in [4.78, 5) is 23.4. The summed E-state index contributed by atoms with van der Waals surface area (Å²) in [6, 6.07) is 0. The largest absolute Gasteiger partial charge is 0.460 e. The number of Topliss-reactive ketones (excluding diaryl/α,β-unsaturated/α-hetero) is 1. The van der Waals surface area contributed by atoms with Crippen LogP contribution in [-0.4, -0.2) is 22.7 Å². The normalized spacial score (nSPS) is 25.4. The predicted molar refractivity (Wildman–Crippen MR) is 70.1 cm³/mol.